The lowest BCUT2D eigenvalue weighted by Crippen LogP contribution is -2.51. The fourth-order valence-corrected chi connectivity index (χ4v) is 8.22. The van der Waals surface area contributed by atoms with Crippen LogP contribution in [0, 0.1) is 29.1 Å². The smallest absolute Gasteiger partial charge is 0.382 e. The van der Waals surface area contributed by atoms with Crippen molar-refractivity contribution in [1.29, 1.82) is 0 Å². The lowest BCUT2D eigenvalue weighted by molar-refractivity contribution is -0.207. The molecule has 0 aliphatic heterocycles. The number of carbonyl (C=O) groups is 4. The van der Waals surface area contributed by atoms with E-state index >= 15 is 8.78 Å². The van der Waals surface area contributed by atoms with E-state index in [1.807, 2.05) is 6.92 Å². The minimum atomic E-state index is -4.35. The maximum Gasteiger partial charge on any atom is 0.382 e. The van der Waals surface area contributed by atoms with Crippen molar-refractivity contribution in [1.82, 2.24) is 0 Å². The minimum Gasteiger partial charge on any atom is -0.477 e. The Labute approximate surface area is 266 Å². The number of carboxylic acids is 2. The van der Waals surface area contributed by atoms with Gasteiger partial charge in [-0.1, -0.05) is 51.5 Å². The van der Waals surface area contributed by atoms with Crippen molar-refractivity contribution in [3.8, 4) is 0 Å². The van der Waals surface area contributed by atoms with Gasteiger partial charge in [-0.3, -0.25) is 9.59 Å². The number of unbranched alkanes of at least 4 members (excludes halogenated alkanes) is 1. The first-order valence-corrected chi connectivity index (χ1v) is 16.2. The van der Waals surface area contributed by atoms with Crippen LogP contribution in [0.2, 0.25) is 0 Å². The Hall–Kier alpha value is -3.18. The van der Waals surface area contributed by atoms with Gasteiger partial charge in [0.25, 0.3) is 0 Å². The maximum absolute atomic E-state index is 15.1. The van der Waals surface area contributed by atoms with Gasteiger partial charge in [0.2, 0.25) is 6.10 Å². The standard InChI is InChI=1S/C34H44F4O8/c1-4-23(7-5-6-8-26(39)45-27(19(2)3)33(35,36)29(40)41)24-9-11-25(12-10-24)28(34(37,38)30(42)43)46-31(44)32-16-20-13-21(17-32)15-22(14-20)18-32/h9-12,19-23,27-28H,4-8,13-18H2,1-3H3,(H,40,41)(H,42,43). The fraction of sp³-hybridized carbons (Fsp3) is 0.706. The number of esters is 2. The molecular formula is C34H44F4O8. The second-order valence-electron chi connectivity index (χ2n) is 14.0. The average molecular weight is 657 g/mol. The van der Waals surface area contributed by atoms with Gasteiger partial charge in [0.15, 0.2) is 6.10 Å². The lowest BCUT2D eigenvalue weighted by atomic mass is 9.49. The molecule has 4 bridgehead atoms. The molecule has 4 saturated carbocycles. The topological polar surface area (TPSA) is 127 Å². The molecule has 3 atom stereocenters. The molecule has 0 amide bonds. The van der Waals surface area contributed by atoms with Gasteiger partial charge in [0.05, 0.1) is 5.41 Å². The Bertz CT molecular complexity index is 1240. The molecule has 0 heterocycles. The Kier molecular flexibility index (Phi) is 10.8. The Morgan fingerprint density at radius 2 is 1.33 bits per heavy atom. The lowest BCUT2D eigenvalue weighted by Gasteiger charge is -2.55. The van der Waals surface area contributed by atoms with E-state index in [-0.39, 0.29) is 17.9 Å². The summed E-state index contributed by atoms with van der Waals surface area (Å²) in [5.41, 5.74) is -0.182. The third kappa shape index (κ3) is 7.51. The van der Waals surface area contributed by atoms with E-state index in [9.17, 15) is 33.1 Å². The first kappa shape index (κ1) is 35.7. The summed E-state index contributed by atoms with van der Waals surface area (Å²) in [4.78, 5) is 48.2. The molecule has 0 saturated heterocycles. The molecule has 256 valence electrons. The summed E-state index contributed by atoms with van der Waals surface area (Å²) in [6, 6.07) is 5.92. The van der Waals surface area contributed by atoms with Crippen molar-refractivity contribution in [2.45, 2.75) is 121 Å². The summed E-state index contributed by atoms with van der Waals surface area (Å²) in [7, 11) is 0. The van der Waals surface area contributed by atoms with E-state index in [0.29, 0.717) is 62.7 Å². The van der Waals surface area contributed by atoms with Gasteiger partial charge in [0.1, 0.15) is 0 Å². The number of alkyl halides is 4. The molecule has 0 aromatic heterocycles. The van der Waals surface area contributed by atoms with Gasteiger partial charge in [-0.05, 0) is 98.5 Å². The molecule has 4 aliphatic carbocycles. The van der Waals surface area contributed by atoms with E-state index in [4.69, 9.17) is 14.6 Å². The molecule has 4 aliphatic rings. The molecule has 3 unspecified atom stereocenters. The third-order valence-corrected chi connectivity index (χ3v) is 10.2. The van der Waals surface area contributed by atoms with Crippen LogP contribution in [0.4, 0.5) is 17.6 Å². The Morgan fingerprint density at radius 3 is 1.78 bits per heavy atom. The summed E-state index contributed by atoms with van der Waals surface area (Å²) < 4.78 is 68.4. The van der Waals surface area contributed by atoms with Crippen LogP contribution < -0.4 is 0 Å². The number of rotatable bonds is 16. The molecule has 46 heavy (non-hydrogen) atoms. The van der Waals surface area contributed by atoms with Crippen LogP contribution in [-0.4, -0.2) is 52.0 Å². The molecule has 2 N–H and O–H groups in total. The molecule has 1 aromatic rings. The van der Waals surface area contributed by atoms with Crippen LogP contribution in [0.15, 0.2) is 24.3 Å². The van der Waals surface area contributed by atoms with E-state index in [0.717, 1.165) is 24.8 Å². The monoisotopic (exact) mass is 656 g/mol. The van der Waals surface area contributed by atoms with Crippen molar-refractivity contribution in [3.63, 3.8) is 0 Å². The molecular weight excluding hydrogens is 612 g/mol. The number of aliphatic carboxylic acids is 2. The molecule has 1 aromatic carbocycles. The second kappa shape index (κ2) is 13.9. The highest BCUT2D eigenvalue weighted by Gasteiger charge is 2.58. The van der Waals surface area contributed by atoms with Gasteiger partial charge in [0, 0.05) is 6.42 Å². The number of ether oxygens (including phenoxy) is 2. The summed E-state index contributed by atoms with van der Waals surface area (Å²) >= 11 is 0. The van der Waals surface area contributed by atoms with Gasteiger partial charge < -0.3 is 19.7 Å². The van der Waals surface area contributed by atoms with Gasteiger partial charge >= 0.3 is 35.7 Å². The molecule has 0 radical (unpaired) electrons. The number of hydrogen-bond donors (Lipinski definition) is 2. The van der Waals surface area contributed by atoms with Crippen LogP contribution >= 0.6 is 0 Å². The predicted molar refractivity (Wildman–Crippen MR) is 157 cm³/mol. The number of carboxylic acid groups (broad SMARTS) is 2. The van der Waals surface area contributed by atoms with Gasteiger partial charge in [-0.25, -0.2) is 9.59 Å². The predicted octanol–water partition coefficient (Wildman–Crippen LogP) is 7.55. The SMILES string of the molecule is CCC(CCCCC(=O)OC(C(C)C)C(F)(F)C(=O)O)c1ccc(C(OC(=O)C23CC4CC(CC(C4)C2)C3)C(F)(F)C(=O)O)cc1. The van der Waals surface area contributed by atoms with Gasteiger partial charge in [-0.2, -0.15) is 17.6 Å². The number of halogens is 4. The normalized spacial score (nSPS) is 26.0. The average Bonchev–Trinajstić information content (AvgIpc) is 2.97. The van der Waals surface area contributed by atoms with E-state index in [2.05, 4.69) is 0 Å². The molecule has 12 heteroatoms. The van der Waals surface area contributed by atoms with Crippen LogP contribution in [-0.2, 0) is 28.7 Å². The van der Waals surface area contributed by atoms with Crippen LogP contribution in [0.3, 0.4) is 0 Å². The Morgan fingerprint density at radius 1 is 0.826 bits per heavy atom. The summed E-state index contributed by atoms with van der Waals surface area (Å²) in [6.45, 7) is 4.59. The first-order chi connectivity index (χ1) is 21.5. The van der Waals surface area contributed by atoms with Crippen molar-refractivity contribution in [2.75, 3.05) is 0 Å². The van der Waals surface area contributed by atoms with E-state index < -0.39 is 59.3 Å². The molecule has 5 rings (SSSR count). The summed E-state index contributed by atoms with van der Waals surface area (Å²) in [6.07, 6.45) is 2.33. The van der Waals surface area contributed by atoms with Crippen LogP contribution in [0.1, 0.15) is 115 Å². The Balaban J connectivity index is 1.38. The highest BCUT2D eigenvalue weighted by Crippen LogP contribution is 2.61. The number of hydrogen-bond acceptors (Lipinski definition) is 6. The molecule has 4 fully saturated rings. The van der Waals surface area contributed by atoms with Crippen molar-refractivity contribution in [2.24, 2.45) is 29.1 Å². The largest absolute Gasteiger partial charge is 0.477 e. The third-order valence-electron chi connectivity index (χ3n) is 10.2. The van der Waals surface area contributed by atoms with E-state index in [1.54, 1.807) is 12.1 Å². The minimum absolute atomic E-state index is 0.0576. The zero-order valence-electron chi connectivity index (χ0n) is 26.5. The van der Waals surface area contributed by atoms with Crippen molar-refractivity contribution in [3.05, 3.63) is 35.4 Å². The first-order valence-electron chi connectivity index (χ1n) is 16.2. The molecule has 0 spiro atoms. The fourth-order valence-electron chi connectivity index (χ4n) is 8.22. The zero-order valence-corrected chi connectivity index (χ0v) is 26.5. The van der Waals surface area contributed by atoms with Crippen LogP contribution in [0.5, 0.6) is 0 Å². The summed E-state index contributed by atoms with van der Waals surface area (Å²) in [5, 5.41) is 18.2. The van der Waals surface area contributed by atoms with Gasteiger partial charge in [-0.15, -0.1) is 0 Å². The highest BCUT2D eigenvalue weighted by atomic mass is 19.3. The second-order valence-corrected chi connectivity index (χ2v) is 14.0. The number of carbonyl (C=O) groups excluding carboxylic acids is 2. The van der Waals surface area contributed by atoms with E-state index in [1.165, 1.54) is 26.0 Å². The highest BCUT2D eigenvalue weighted by molar-refractivity contribution is 5.81. The summed E-state index contributed by atoms with van der Waals surface area (Å²) in [5.74, 6) is -14.8. The number of benzene rings is 1. The molecule has 8 nitrogen and oxygen atoms in total. The zero-order chi connectivity index (χ0) is 34.0. The quantitative estimate of drug-likeness (QED) is 0.106. The maximum atomic E-state index is 15.1. The van der Waals surface area contributed by atoms with Crippen molar-refractivity contribution >= 4 is 23.9 Å². The van der Waals surface area contributed by atoms with Crippen molar-refractivity contribution < 1.29 is 56.4 Å². The van der Waals surface area contributed by atoms with Crippen LogP contribution in [0.25, 0.3) is 0 Å².